The van der Waals surface area contributed by atoms with Crippen molar-refractivity contribution < 1.29 is 44.7 Å². The Bertz CT molecular complexity index is 1580. The summed E-state index contributed by atoms with van der Waals surface area (Å²) >= 11 is 0. The Hall–Kier alpha value is -3.01. The summed E-state index contributed by atoms with van der Waals surface area (Å²) in [6.45, 7) is 13.5. The first-order chi connectivity index (χ1) is 22.4. The lowest BCUT2D eigenvalue weighted by Gasteiger charge is -2.33. The molecule has 2 heterocycles. The number of halogens is 3. The molecule has 11 nitrogen and oxygen atoms in total. The van der Waals surface area contributed by atoms with Crippen LogP contribution in [0, 0.1) is 17.6 Å². The predicted molar refractivity (Wildman–Crippen MR) is 183 cm³/mol. The third-order valence-corrected chi connectivity index (χ3v) is 10.5. The summed E-state index contributed by atoms with van der Waals surface area (Å²) in [6.07, 6.45) is 2.39. The van der Waals surface area contributed by atoms with Crippen molar-refractivity contribution in [1.29, 1.82) is 0 Å². The third kappa shape index (κ3) is 16.0. The minimum absolute atomic E-state index is 0.0147. The van der Waals surface area contributed by atoms with E-state index in [1.165, 1.54) is 12.1 Å². The molecule has 2 amide bonds. The second kappa shape index (κ2) is 17.8. The number of sulfone groups is 1. The molecule has 0 saturated carbocycles. The van der Waals surface area contributed by atoms with Crippen molar-refractivity contribution in [3.05, 3.63) is 60.2 Å². The molecule has 49 heavy (non-hydrogen) atoms. The number of likely N-dealkylation sites (tertiary alicyclic amines) is 2. The maximum Gasteiger partial charge on any atom is 0.410 e. The Morgan fingerprint density at radius 1 is 0.714 bits per heavy atom. The standard InChI is InChI=1S/C17H24FNO4S.C10H20N2O2.C6H4ClFO2S/c1-17(2,3)23-16(20)19-10-8-13(9-11-19)12-24(21,22)15-6-4-14(18)5-7-15;1-10(2,3)14-9(13)12-6-4-8(11)5-7-12;7-11(9,10)6-3-1-5(8)2-4-6/h4-7,13H,8-12H2,1-3H3;8H,4-7,11H2,1-3H3;1-4H. The van der Waals surface area contributed by atoms with Gasteiger partial charge >= 0.3 is 12.2 Å². The fourth-order valence-corrected chi connectivity index (χ4v) is 7.13. The quantitative estimate of drug-likeness (QED) is 0.278. The average Bonchev–Trinajstić information content (AvgIpc) is 2.96. The Morgan fingerprint density at radius 3 is 1.41 bits per heavy atom. The van der Waals surface area contributed by atoms with Gasteiger partial charge in [-0.05, 0) is 122 Å². The van der Waals surface area contributed by atoms with E-state index in [1.807, 2.05) is 41.5 Å². The van der Waals surface area contributed by atoms with E-state index < -0.39 is 41.7 Å². The highest BCUT2D eigenvalue weighted by molar-refractivity contribution is 8.13. The van der Waals surface area contributed by atoms with E-state index in [0.29, 0.717) is 25.9 Å². The molecule has 16 heteroatoms. The number of carbonyl (C=O) groups excluding carboxylic acids is 2. The van der Waals surface area contributed by atoms with Gasteiger partial charge in [-0.2, -0.15) is 0 Å². The van der Waals surface area contributed by atoms with Crippen LogP contribution in [0.1, 0.15) is 67.2 Å². The summed E-state index contributed by atoms with van der Waals surface area (Å²) in [5, 5.41) is 0. The summed E-state index contributed by atoms with van der Waals surface area (Å²) in [4.78, 5) is 27.0. The van der Waals surface area contributed by atoms with E-state index >= 15 is 0 Å². The molecular weight excluding hydrogens is 704 g/mol. The van der Waals surface area contributed by atoms with Gasteiger partial charge in [-0.15, -0.1) is 0 Å². The number of piperidine rings is 2. The van der Waals surface area contributed by atoms with Crippen LogP contribution >= 0.6 is 10.7 Å². The fraction of sp³-hybridized carbons (Fsp3) is 0.576. The number of carbonyl (C=O) groups is 2. The summed E-state index contributed by atoms with van der Waals surface area (Å²) in [5.74, 6) is -0.951. The van der Waals surface area contributed by atoms with Gasteiger partial charge in [0.15, 0.2) is 9.84 Å². The van der Waals surface area contributed by atoms with Crippen LogP contribution in [-0.4, -0.2) is 88.0 Å². The SMILES string of the molecule is CC(C)(C)OC(=O)N1CCC(CS(=O)(=O)c2ccc(F)cc2)CC1.CC(C)(C)OC(=O)N1CCC(N)CC1.O=S(=O)(Cl)c1ccc(F)cc1. The van der Waals surface area contributed by atoms with Crippen molar-refractivity contribution in [3.8, 4) is 0 Å². The molecule has 0 bridgehead atoms. The van der Waals surface area contributed by atoms with Crippen LogP contribution in [0.25, 0.3) is 0 Å². The van der Waals surface area contributed by atoms with Gasteiger partial charge in [0.1, 0.15) is 22.8 Å². The van der Waals surface area contributed by atoms with E-state index in [0.717, 1.165) is 62.3 Å². The fourth-order valence-electron chi connectivity index (χ4n) is 4.66. The Morgan fingerprint density at radius 2 is 1.06 bits per heavy atom. The van der Waals surface area contributed by atoms with Crippen molar-refractivity contribution in [2.75, 3.05) is 31.9 Å². The van der Waals surface area contributed by atoms with Gasteiger partial charge in [0.2, 0.25) is 0 Å². The summed E-state index contributed by atoms with van der Waals surface area (Å²) in [6, 6.07) is 9.42. The van der Waals surface area contributed by atoms with Gasteiger partial charge in [0.25, 0.3) is 9.05 Å². The number of nitrogens with zero attached hydrogens (tertiary/aromatic N) is 2. The van der Waals surface area contributed by atoms with Crippen molar-refractivity contribution in [1.82, 2.24) is 9.80 Å². The molecule has 0 atom stereocenters. The molecule has 0 aliphatic carbocycles. The minimum Gasteiger partial charge on any atom is -0.444 e. The first kappa shape index (κ1) is 42.2. The molecule has 2 saturated heterocycles. The van der Waals surface area contributed by atoms with E-state index in [9.17, 15) is 35.2 Å². The molecule has 2 aromatic carbocycles. The number of rotatable bonds is 4. The maximum absolute atomic E-state index is 12.9. The number of hydrogen-bond acceptors (Lipinski definition) is 9. The molecule has 0 aromatic heterocycles. The molecular formula is C33H48ClF2N3O8S2. The van der Waals surface area contributed by atoms with Gasteiger partial charge in [0.05, 0.1) is 15.5 Å². The van der Waals surface area contributed by atoms with Gasteiger partial charge in [-0.3, -0.25) is 0 Å². The second-order valence-electron chi connectivity index (χ2n) is 13.8. The summed E-state index contributed by atoms with van der Waals surface area (Å²) < 4.78 is 81.7. The highest BCUT2D eigenvalue weighted by atomic mass is 35.7. The lowest BCUT2D eigenvalue weighted by atomic mass is 9.99. The van der Waals surface area contributed by atoms with Crippen molar-refractivity contribution in [2.45, 2.75) is 94.3 Å². The lowest BCUT2D eigenvalue weighted by Crippen LogP contribution is -2.44. The maximum atomic E-state index is 12.9. The van der Waals surface area contributed by atoms with Crippen molar-refractivity contribution in [2.24, 2.45) is 11.7 Å². The highest BCUT2D eigenvalue weighted by Gasteiger charge is 2.30. The van der Waals surface area contributed by atoms with Crippen LogP contribution in [0.15, 0.2) is 58.3 Å². The Balaban J connectivity index is 0.000000282. The van der Waals surface area contributed by atoms with Gasteiger partial charge in [-0.25, -0.2) is 35.2 Å². The number of amides is 2. The molecule has 0 radical (unpaired) electrons. The molecule has 0 spiro atoms. The minimum atomic E-state index is -3.71. The monoisotopic (exact) mass is 751 g/mol. The van der Waals surface area contributed by atoms with Gasteiger partial charge in [0, 0.05) is 42.9 Å². The third-order valence-electron chi connectivity index (χ3n) is 7.18. The summed E-state index contributed by atoms with van der Waals surface area (Å²) in [7, 11) is -2.20. The molecule has 2 fully saturated rings. The van der Waals surface area contributed by atoms with E-state index in [1.54, 1.807) is 9.80 Å². The first-order valence-electron chi connectivity index (χ1n) is 15.9. The van der Waals surface area contributed by atoms with E-state index in [-0.39, 0.29) is 39.7 Å². The van der Waals surface area contributed by atoms with Crippen LogP contribution in [-0.2, 0) is 28.4 Å². The number of benzene rings is 2. The molecule has 2 aliphatic rings. The molecule has 0 unspecified atom stereocenters. The van der Waals surface area contributed by atoms with Crippen LogP contribution in [0.5, 0.6) is 0 Å². The van der Waals surface area contributed by atoms with E-state index in [4.69, 9.17) is 25.9 Å². The zero-order chi connectivity index (χ0) is 37.2. The highest BCUT2D eigenvalue weighted by Crippen LogP contribution is 2.24. The smallest absolute Gasteiger partial charge is 0.410 e. The predicted octanol–water partition coefficient (Wildman–Crippen LogP) is 6.34. The zero-order valence-corrected chi connectivity index (χ0v) is 31.2. The van der Waals surface area contributed by atoms with Crippen molar-refractivity contribution in [3.63, 3.8) is 0 Å². The summed E-state index contributed by atoms with van der Waals surface area (Å²) in [5.41, 5.74) is 4.80. The Labute approximate surface area is 293 Å². The largest absolute Gasteiger partial charge is 0.444 e. The average molecular weight is 752 g/mol. The lowest BCUT2D eigenvalue weighted by molar-refractivity contribution is 0.0185. The molecule has 2 aromatic rings. The van der Waals surface area contributed by atoms with Crippen LogP contribution in [0.3, 0.4) is 0 Å². The first-order valence-corrected chi connectivity index (χ1v) is 19.8. The molecule has 2 N–H and O–H groups in total. The molecule has 276 valence electrons. The topological polar surface area (TPSA) is 153 Å². The van der Waals surface area contributed by atoms with Crippen molar-refractivity contribution >= 4 is 41.8 Å². The number of hydrogen-bond donors (Lipinski definition) is 1. The van der Waals surface area contributed by atoms with Gasteiger partial charge in [-0.1, -0.05) is 0 Å². The van der Waals surface area contributed by atoms with Gasteiger partial charge < -0.3 is 25.0 Å². The Kier molecular flexibility index (Phi) is 15.3. The molecule has 2 aliphatic heterocycles. The second-order valence-corrected chi connectivity index (χ2v) is 18.4. The number of nitrogens with two attached hydrogens (primary N) is 1. The van der Waals surface area contributed by atoms with Crippen LogP contribution in [0.2, 0.25) is 0 Å². The van der Waals surface area contributed by atoms with E-state index in [2.05, 4.69) is 0 Å². The van der Waals surface area contributed by atoms with Crippen LogP contribution < -0.4 is 5.73 Å². The zero-order valence-electron chi connectivity index (χ0n) is 28.8. The number of ether oxygens (including phenoxy) is 2. The van der Waals surface area contributed by atoms with Crippen LogP contribution in [0.4, 0.5) is 18.4 Å². The molecule has 4 rings (SSSR count). The normalized spacial score (nSPS) is 16.4.